The molecule has 1 saturated heterocycles. The van der Waals surface area contributed by atoms with Crippen LogP contribution in [0.4, 0.5) is 4.39 Å². The van der Waals surface area contributed by atoms with Crippen LogP contribution in [0.5, 0.6) is 0 Å². The van der Waals surface area contributed by atoms with Crippen LogP contribution in [0.25, 0.3) is 5.76 Å². The van der Waals surface area contributed by atoms with Crippen molar-refractivity contribution >= 4 is 17.4 Å². The van der Waals surface area contributed by atoms with Crippen LogP contribution in [-0.4, -0.2) is 36.5 Å². The van der Waals surface area contributed by atoms with E-state index in [4.69, 9.17) is 0 Å². The minimum Gasteiger partial charge on any atom is -0.507 e. The zero-order valence-corrected chi connectivity index (χ0v) is 17.3. The minimum atomic E-state index is -0.949. The third kappa shape index (κ3) is 3.50. The van der Waals surface area contributed by atoms with Crippen LogP contribution in [0, 0.1) is 19.7 Å². The Bertz CT molecular complexity index is 1220. The molecule has 0 unspecified atom stereocenters. The molecule has 8 heteroatoms. The predicted octanol–water partition coefficient (Wildman–Crippen LogP) is 3.19. The maximum atomic E-state index is 14.1. The number of hydrogen-bond donors (Lipinski definition) is 1. The van der Waals surface area contributed by atoms with Gasteiger partial charge < -0.3 is 10.0 Å². The van der Waals surface area contributed by atoms with E-state index in [0.717, 1.165) is 0 Å². The molecule has 31 heavy (non-hydrogen) atoms. The number of nitrogens with zero attached hydrogens (tertiary/aromatic N) is 4. The maximum absolute atomic E-state index is 14.1. The topological polar surface area (TPSA) is 88.3 Å². The van der Waals surface area contributed by atoms with Crippen molar-refractivity contribution in [1.82, 2.24) is 19.7 Å². The Balaban J connectivity index is 1.92. The van der Waals surface area contributed by atoms with E-state index in [0.29, 0.717) is 28.1 Å². The van der Waals surface area contributed by atoms with E-state index in [-0.39, 0.29) is 17.9 Å². The van der Waals surface area contributed by atoms with Gasteiger partial charge in [0.05, 0.1) is 22.9 Å². The molecular formula is C23H21FN4O3. The largest absolute Gasteiger partial charge is 0.507 e. The first-order valence-corrected chi connectivity index (χ1v) is 9.73. The second kappa shape index (κ2) is 7.79. The highest BCUT2D eigenvalue weighted by Crippen LogP contribution is 2.41. The van der Waals surface area contributed by atoms with Crippen LogP contribution >= 0.6 is 0 Å². The van der Waals surface area contributed by atoms with Gasteiger partial charge in [0, 0.05) is 31.7 Å². The van der Waals surface area contributed by atoms with Crippen molar-refractivity contribution in [2.45, 2.75) is 26.4 Å². The molecule has 158 valence electrons. The lowest BCUT2D eigenvalue weighted by molar-refractivity contribution is -0.140. The van der Waals surface area contributed by atoms with Crippen molar-refractivity contribution in [3.63, 3.8) is 0 Å². The van der Waals surface area contributed by atoms with Gasteiger partial charge in [-0.15, -0.1) is 0 Å². The summed E-state index contributed by atoms with van der Waals surface area (Å²) >= 11 is 0. The summed E-state index contributed by atoms with van der Waals surface area (Å²) in [5.74, 6) is -2.40. The Morgan fingerprint density at radius 2 is 1.97 bits per heavy atom. The molecule has 1 amide bonds. The van der Waals surface area contributed by atoms with Gasteiger partial charge >= 0.3 is 0 Å². The monoisotopic (exact) mass is 420 g/mol. The number of aliphatic hydroxyl groups excluding tert-OH is 1. The molecule has 4 rings (SSSR count). The summed E-state index contributed by atoms with van der Waals surface area (Å²) in [6.07, 6.45) is 3.20. The van der Waals surface area contributed by atoms with E-state index in [1.807, 2.05) is 0 Å². The van der Waals surface area contributed by atoms with E-state index in [2.05, 4.69) is 10.1 Å². The van der Waals surface area contributed by atoms with Crippen molar-refractivity contribution < 1.29 is 19.1 Å². The standard InChI is InChI=1S/C23H21FN4O3/c1-13-18(14(2)27(3)26-13)21(29)19-20(16-7-4-8-17(24)10-16)28(23(31)22(19)30)12-15-6-5-9-25-11-15/h4-11,20,29H,12H2,1-3H3/b21-19+/t20-/m1/s1. The molecule has 1 aliphatic heterocycles. The molecule has 3 aromatic rings. The van der Waals surface area contributed by atoms with Gasteiger partial charge in [-0.25, -0.2) is 4.39 Å². The van der Waals surface area contributed by atoms with Gasteiger partial charge in [0.25, 0.3) is 11.7 Å². The Labute approximate surface area is 178 Å². The number of rotatable bonds is 4. The second-order valence-corrected chi connectivity index (χ2v) is 7.51. The minimum absolute atomic E-state index is 0.0845. The quantitative estimate of drug-likeness (QED) is 0.398. The number of aromatic nitrogens is 3. The molecule has 1 N–H and O–H groups in total. The number of benzene rings is 1. The van der Waals surface area contributed by atoms with Crippen LogP contribution < -0.4 is 0 Å². The first-order valence-electron chi connectivity index (χ1n) is 9.73. The maximum Gasteiger partial charge on any atom is 0.295 e. The molecule has 0 saturated carbocycles. The van der Waals surface area contributed by atoms with Gasteiger partial charge in [-0.05, 0) is 43.2 Å². The van der Waals surface area contributed by atoms with Gasteiger partial charge in [0.15, 0.2) is 0 Å². The number of pyridine rings is 1. The lowest BCUT2D eigenvalue weighted by Crippen LogP contribution is -2.29. The van der Waals surface area contributed by atoms with Gasteiger partial charge in [-0.1, -0.05) is 18.2 Å². The zero-order valence-electron chi connectivity index (χ0n) is 17.3. The second-order valence-electron chi connectivity index (χ2n) is 7.51. The number of halogens is 1. The lowest BCUT2D eigenvalue weighted by Gasteiger charge is -2.25. The predicted molar refractivity (Wildman–Crippen MR) is 111 cm³/mol. The summed E-state index contributed by atoms with van der Waals surface area (Å²) in [6, 6.07) is 8.25. The van der Waals surface area contributed by atoms with E-state index in [1.54, 1.807) is 56.2 Å². The number of hydrogen-bond acceptors (Lipinski definition) is 5. The van der Waals surface area contributed by atoms with E-state index in [9.17, 15) is 19.1 Å². The Kier molecular flexibility index (Phi) is 5.14. The average Bonchev–Trinajstić information content (AvgIpc) is 3.14. The molecule has 2 aromatic heterocycles. The highest BCUT2D eigenvalue weighted by molar-refractivity contribution is 6.46. The van der Waals surface area contributed by atoms with Gasteiger partial charge in [0.1, 0.15) is 11.6 Å². The summed E-state index contributed by atoms with van der Waals surface area (Å²) in [6.45, 7) is 3.56. The molecular weight excluding hydrogens is 399 g/mol. The van der Waals surface area contributed by atoms with Crippen molar-refractivity contribution in [1.29, 1.82) is 0 Å². The molecule has 7 nitrogen and oxygen atoms in total. The van der Waals surface area contributed by atoms with Crippen LogP contribution in [0.3, 0.4) is 0 Å². The van der Waals surface area contributed by atoms with Crippen LogP contribution in [-0.2, 0) is 23.2 Å². The van der Waals surface area contributed by atoms with Crippen LogP contribution in [0.2, 0.25) is 0 Å². The fraction of sp³-hybridized carbons (Fsp3) is 0.217. The Morgan fingerprint density at radius 3 is 2.58 bits per heavy atom. The first-order chi connectivity index (χ1) is 14.8. The van der Waals surface area contributed by atoms with E-state index in [1.165, 1.54) is 23.1 Å². The summed E-state index contributed by atoms with van der Waals surface area (Å²) in [4.78, 5) is 31.5. The van der Waals surface area contributed by atoms with Gasteiger partial charge in [0.2, 0.25) is 0 Å². The normalized spacial score (nSPS) is 18.1. The zero-order chi connectivity index (χ0) is 22.3. The number of amides is 1. The SMILES string of the molecule is Cc1nn(C)c(C)c1/C(O)=C1\C(=O)C(=O)N(Cc2cccnc2)[C@@H]1c1cccc(F)c1. The Morgan fingerprint density at radius 1 is 1.19 bits per heavy atom. The average molecular weight is 420 g/mol. The summed E-state index contributed by atoms with van der Waals surface area (Å²) in [7, 11) is 1.73. The third-order valence-electron chi connectivity index (χ3n) is 5.53. The van der Waals surface area contributed by atoms with Gasteiger partial charge in [-0.2, -0.15) is 5.10 Å². The van der Waals surface area contributed by atoms with Crippen LogP contribution in [0.1, 0.15) is 34.1 Å². The molecule has 1 atom stereocenters. The van der Waals surface area contributed by atoms with Crippen molar-refractivity contribution in [3.05, 3.63) is 88.3 Å². The number of ketones is 1. The molecule has 1 fully saturated rings. The molecule has 0 radical (unpaired) electrons. The number of aryl methyl sites for hydroxylation is 2. The van der Waals surface area contributed by atoms with Crippen LogP contribution in [0.15, 0.2) is 54.4 Å². The summed E-state index contributed by atoms with van der Waals surface area (Å²) in [5.41, 5.74) is 2.57. The fourth-order valence-electron chi connectivity index (χ4n) is 4.01. The third-order valence-corrected chi connectivity index (χ3v) is 5.53. The number of carbonyl (C=O) groups is 2. The number of Topliss-reactive ketones (excluding diaryl/α,β-unsaturated/α-hetero) is 1. The molecule has 3 heterocycles. The summed E-state index contributed by atoms with van der Waals surface area (Å²) in [5, 5.41) is 15.5. The highest BCUT2D eigenvalue weighted by atomic mass is 19.1. The summed E-state index contributed by atoms with van der Waals surface area (Å²) < 4.78 is 15.7. The molecule has 0 spiro atoms. The molecule has 0 bridgehead atoms. The highest BCUT2D eigenvalue weighted by Gasteiger charge is 2.46. The Hall–Kier alpha value is -3.81. The molecule has 0 aliphatic carbocycles. The molecule has 1 aliphatic rings. The smallest absolute Gasteiger partial charge is 0.295 e. The molecule has 1 aromatic carbocycles. The number of carbonyl (C=O) groups excluding carboxylic acids is 2. The van der Waals surface area contributed by atoms with Crippen molar-refractivity contribution in [2.24, 2.45) is 7.05 Å². The van der Waals surface area contributed by atoms with Crippen molar-refractivity contribution in [2.75, 3.05) is 0 Å². The van der Waals surface area contributed by atoms with E-state index < -0.39 is 23.5 Å². The fourth-order valence-corrected chi connectivity index (χ4v) is 4.01. The van der Waals surface area contributed by atoms with Crippen molar-refractivity contribution in [3.8, 4) is 0 Å². The first kappa shape index (κ1) is 20.5. The lowest BCUT2D eigenvalue weighted by atomic mass is 9.94. The number of aliphatic hydroxyl groups is 1. The van der Waals surface area contributed by atoms with Gasteiger partial charge in [-0.3, -0.25) is 19.3 Å². The number of likely N-dealkylation sites (tertiary alicyclic amines) is 1. The van der Waals surface area contributed by atoms with E-state index >= 15 is 0 Å².